The fourth-order valence-corrected chi connectivity index (χ4v) is 6.93. The molecule has 1 unspecified atom stereocenters. The molecule has 170 valence electrons. The summed E-state index contributed by atoms with van der Waals surface area (Å²) in [7, 11) is -3.69. The molecule has 1 aliphatic rings. The number of rotatable bonds is 7. The third-order valence-electron chi connectivity index (χ3n) is 5.33. The van der Waals surface area contributed by atoms with E-state index in [1.807, 2.05) is 18.2 Å². The van der Waals surface area contributed by atoms with Crippen LogP contribution >= 0.6 is 22.7 Å². The smallest absolute Gasteiger partial charge is 0.250 e. The molecule has 0 bridgehead atoms. The van der Waals surface area contributed by atoms with Crippen molar-refractivity contribution in [3.63, 3.8) is 0 Å². The number of nitrogens with zero attached hydrogens (tertiary/aromatic N) is 2. The van der Waals surface area contributed by atoms with Crippen LogP contribution < -0.4 is 4.72 Å². The number of thiophene rings is 2. The fourth-order valence-electron chi connectivity index (χ4n) is 3.65. The van der Waals surface area contributed by atoms with Gasteiger partial charge in [0.25, 0.3) is 10.0 Å². The van der Waals surface area contributed by atoms with E-state index in [0.29, 0.717) is 31.7 Å². The lowest BCUT2D eigenvalue weighted by molar-refractivity contribution is -0.134. The van der Waals surface area contributed by atoms with E-state index in [9.17, 15) is 17.6 Å². The van der Waals surface area contributed by atoms with Crippen LogP contribution in [-0.2, 0) is 21.4 Å². The summed E-state index contributed by atoms with van der Waals surface area (Å²) < 4.78 is 41.4. The van der Waals surface area contributed by atoms with Crippen molar-refractivity contribution >= 4 is 38.6 Å². The molecule has 4 rings (SSSR count). The first-order valence-electron chi connectivity index (χ1n) is 10.2. The number of nitrogens with one attached hydrogen (secondary N) is 1. The Labute approximate surface area is 195 Å². The third-order valence-corrected chi connectivity index (χ3v) is 9.37. The van der Waals surface area contributed by atoms with Crippen LogP contribution in [0.1, 0.15) is 11.8 Å². The minimum absolute atomic E-state index is 0.202. The minimum atomic E-state index is -3.69. The Morgan fingerprint density at radius 3 is 2.53 bits per heavy atom. The van der Waals surface area contributed by atoms with Gasteiger partial charge < -0.3 is 4.90 Å². The highest BCUT2D eigenvalue weighted by molar-refractivity contribution is 7.91. The van der Waals surface area contributed by atoms with Crippen LogP contribution in [0.3, 0.4) is 0 Å². The van der Waals surface area contributed by atoms with Crippen LogP contribution in [0.2, 0.25) is 0 Å². The summed E-state index contributed by atoms with van der Waals surface area (Å²) in [5.74, 6) is -0.445. The molecule has 3 aromatic rings. The quantitative estimate of drug-likeness (QED) is 0.546. The first kappa shape index (κ1) is 23.1. The van der Waals surface area contributed by atoms with Gasteiger partial charge >= 0.3 is 0 Å². The molecule has 1 amide bonds. The number of carbonyl (C=O) groups excluding carboxylic acids is 1. The predicted octanol–water partition coefficient (Wildman–Crippen LogP) is 3.63. The molecular weight excluding hydrogens is 469 g/mol. The van der Waals surface area contributed by atoms with Gasteiger partial charge in [0.2, 0.25) is 5.91 Å². The lowest BCUT2D eigenvalue weighted by Crippen LogP contribution is -2.53. The fraction of sp³-hybridized carbons (Fsp3) is 0.318. The molecule has 0 saturated carbocycles. The van der Waals surface area contributed by atoms with Crippen molar-refractivity contribution in [2.75, 3.05) is 26.2 Å². The summed E-state index contributed by atoms with van der Waals surface area (Å²) in [5.41, 5.74) is 0.609. The molecule has 2 aromatic heterocycles. The Kier molecular flexibility index (Phi) is 7.06. The minimum Gasteiger partial charge on any atom is -0.339 e. The van der Waals surface area contributed by atoms with Crippen molar-refractivity contribution in [1.29, 1.82) is 0 Å². The van der Waals surface area contributed by atoms with E-state index < -0.39 is 16.1 Å². The van der Waals surface area contributed by atoms with Crippen molar-refractivity contribution in [3.8, 4) is 10.4 Å². The second kappa shape index (κ2) is 9.80. The molecular formula is C22H24FN3O3S3. The van der Waals surface area contributed by atoms with E-state index in [-0.39, 0.29) is 15.9 Å². The number of halogens is 1. The highest BCUT2D eigenvalue weighted by Crippen LogP contribution is 2.30. The zero-order chi connectivity index (χ0) is 22.7. The van der Waals surface area contributed by atoms with Gasteiger partial charge in [-0.2, -0.15) is 4.72 Å². The Morgan fingerprint density at radius 2 is 1.84 bits per heavy atom. The molecule has 6 nitrogen and oxygen atoms in total. The number of piperazine rings is 1. The summed E-state index contributed by atoms with van der Waals surface area (Å²) in [6, 6.07) is 13.1. The Hall–Kier alpha value is -2.11. The van der Waals surface area contributed by atoms with Crippen LogP contribution in [0, 0.1) is 5.82 Å². The van der Waals surface area contributed by atoms with E-state index in [1.54, 1.807) is 46.7 Å². The zero-order valence-corrected chi connectivity index (χ0v) is 20.0. The van der Waals surface area contributed by atoms with E-state index in [1.165, 1.54) is 12.1 Å². The molecule has 32 heavy (non-hydrogen) atoms. The number of carbonyl (C=O) groups is 1. The summed E-state index contributed by atoms with van der Waals surface area (Å²) in [6.07, 6.45) is 0. The van der Waals surface area contributed by atoms with E-state index in [0.717, 1.165) is 27.6 Å². The topological polar surface area (TPSA) is 69.7 Å². The van der Waals surface area contributed by atoms with E-state index >= 15 is 0 Å². The van der Waals surface area contributed by atoms with Crippen molar-refractivity contribution in [2.24, 2.45) is 0 Å². The monoisotopic (exact) mass is 493 g/mol. The van der Waals surface area contributed by atoms with E-state index in [4.69, 9.17) is 0 Å². The van der Waals surface area contributed by atoms with Crippen molar-refractivity contribution in [2.45, 2.75) is 23.7 Å². The molecule has 1 saturated heterocycles. The second-order valence-corrected chi connectivity index (χ2v) is 11.7. The number of hydrogen-bond acceptors (Lipinski definition) is 6. The van der Waals surface area contributed by atoms with Gasteiger partial charge in [0, 0.05) is 48.0 Å². The molecule has 1 aliphatic heterocycles. The average Bonchev–Trinajstić information content (AvgIpc) is 3.47. The molecule has 1 N–H and O–H groups in total. The maximum absolute atomic E-state index is 14.0. The van der Waals surface area contributed by atoms with Gasteiger partial charge in [0.05, 0.1) is 6.04 Å². The van der Waals surface area contributed by atoms with Gasteiger partial charge in [-0.1, -0.05) is 24.3 Å². The van der Waals surface area contributed by atoms with Crippen LogP contribution in [0.15, 0.2) is 58.1 Å². The summed E-state index contributed by atoms with van der Waals surface area (Å²) in [6.45, 7) is 4.79. The standard InChI is InChI=1S/C22H24FN3O3S3/c1-16(24-32(28,29)21-7-4-14-30-21)22(27)26-12-10-25(11-13-26)15-17-8-9-20(31-17)18-5-2-3-6-19(18)23/h2-9,14,16,24H,10-13,15H2,1H3. The molecule has 1 aromatic carbocycles. The average molecular weight is 494 g/mol. The third kappa shape index (κ3) is 5.26. The first-order valence-corrected chi connectivity index (χ1v) is 13.4. The maximum Gasteiger partial charge on any atom is 0.250 e. The van der Waals surface area contributed by atoms with Gasteiger partial charge in [-0.3, -0.25) is 9.69 Å². The van der Waals surface area contributed by atoms with Crippen LogP contribution in [0.4, 0.5) is 4.39 Å². The zero-order valence-electron chi connectivity index (χ0n) is 17.5. The summed E-state index contributed by atoms with van der Waals surface area (Å²) in [4.78, 5) is 18.8. The molecule has 0 aliphatic carbocycles. The highest BCUT2D eigenvalue weighted by atomic mass is 32.2. The lowest BCUT2D eigenvalue weighted by atomic mass is 10.2. The molecule has 10 heteroatoms. The Balaban J connectivity index is 1.30. The SMILES string of the molecule is CC(NS(=O)(=O)c1cccs1)C(=O)N1CCN(Cc2ccc(-c3ccccc3F)s2)CC1. The van der Waals surface area contributed by atoms with Crippen molar-refractivity contribution in [1.82, 2.24) is 14.5 Å². The molecule has 1 fully saturated rings. The van der Waals surface area contributed by atoms with Gasteiger partial charge in [-0.15, -0.1) is 22.7 Å². The van der Waals surface area contributed by atoms with Crippen LogP contribution in [-0.4, -0.2) is 56.3 Å². The lowest BCUT2D eigenvalue weighted by Gasteiger charge is -2.35. The van der Waals surface area contributed by atoms with Gasteiger partial charge in [-0.05, 0) is 36.6 Å². The number of hydrogen-bond donors (Lipinski definition) is 1. The Bertz CT molecular complexity index is 1170. The van der Waals surface area contributed by atoms with E-state index in [2.05, 4.69) is 9.62 Å². The largest absolute Gasteiger partial charge is 0.339 e. The maximum atomic E-state index is 14.0. The van der Waals surface area contributed by atoms with Gasteiger partial charge in [0.15, 0.2) is 0 Å². The van der Waals surface area contributed by atoms with Crippen molar-refractivity contribution < 1.29 is 17.6 Å². The van der Waals surface area contributed by atoms with Crippen LogP contribution in [0.25, 0.3) is 10.4 Å². The number of sulfonamides is 1. The normalized spacial score (nSPS) is 16.2. The summed E-state index contributed by atoms with van der Waals surface area (Å²) >= 11 is 2.69. The molecule has 0 spiro atoms. The van der Waals surface area contributed by atoms with Gasteiger partial charge in [-0.25, -0.2) is 12.8 Å². The van der Waals surface area contributed by atoms with Crippen molar-refractivity contribution in [3.05, 3.63) is 64.6 Å². The molecule has 0 radical (unpaired) electrons. The predicted molar refractivity (Wildman–Crippen MR) is 126 cm³/mol. The second-order valence-electron chi connectivity index (χ2n) is 7.62. The molecule has 1 atom stereocenters. The first-order chi connectivity index (χ1) is 15.3. The number of benzene rings is 1. The highest BCUT2D eigenvalue weighted by Gasteiger charge is 2.28. The van der Waals surface area contributed by atoms with Crippen LogP contribution in [0.5, 0.6) is 0 Å². The Morgan fingerprint density at radius 1 is 1.09 bits per heavy atom. The molecule has 3 heterocycles. The van der Waals surface area contributed by atoms with Gasteiger partial charge in [0.1, 0.15) is 10.0 Å². The summed E-state index contributed by atoms with van der Waals surface area (Å²) in [5, 5.41) is 1.69. The number of amides is 1.